The second-order valence-corrected chi connectivity index (χ2v) is 6.73. The predicted molar refractivity (Wildman–Crippen MR) is 95.2 cm³/mol. The average molecular weight is 382 g/mol. The van der Waals surface area contributed by atoms with Crippen molar-refractivity contribution in [3.05, 3.63) is 34.3 Å². The zero-order chi connectivity index (χ0) is 16.8. The van der Waals surface area contributed by atoms with E-state index in [0.717, 1.165) is 29.1 Å². The number of rotatable bonds is 4. The van der Waals surface area contributed by atoms with Gasteiger partial charge in [0.2, 0.25) is 0 Å². The van der Waals surface area contributed by atoms with Gasteiger partial charge in [0, 0.05) is 24.1 Å². The lowest BCUT2D eigenvalue weighted by molar-refractivity contribution is -0.145. The molecule has 23 heavy (non-hydrogen) atoms. The Kier molecular flexibility index (Phi) is 6.45. The molecule has 1 aliphatic heterocycles. The van der Waals surface area contributed by atoms with E-state index in [1.807, 2.05) is 19.1 Å². The summed E-state index contributed by atoms with van der Waals surface area (Å²) in [5, 5.41) is 3.32. The summed E-state index contributed by atoms with van der Waals surface area (Å²) in [6.45, 7) is 6.99. The van der Waals surface area contributed by atoms with Crippen molar-refractivity contribution in [2.45, 2.75) is 20.4 Å². The third kappa shape index (κ3) is 4.70. The van der Waals surface area contributed by atoms with E-state index in [0.29, 0.717) is 13.1 Å². The lowest BCUT2D eigenvalue weighted by atomic mass is 9.99. The summed E-state index contributed by atoms with van der Waals surface area (Å²) < 4.78 is 5.96. The molecule has 6 heteroatoms. The second-order valence-electron chi connectivity index (χ2n) is 5.81. The molecule has 0 amide bonds. The third-order valence-electron chi connectivity index (χ3n) is 4.05. The van der Waals surface area contributed by atoms with E-state index >= 15 is 0 Å². The molecule has 0 aromatic heterocycles. The van der Waals surface area contributed by atoms with Gasteiger partial charge in [0.05, 0.1) is 19.6 Å². The van der Waals surface area contributed by atoms with Crippen molar-refractivity contribution in [1.82, 2.24) is 10.2 Å². The number of hydrogen-bond acceptors (Lipinski definition) is 3. The SMILES string of the molecule is CCNC(=NCc1cccc(Br)c1)N1CC(C)C(C(=O)OC)C1. The van der Waals surface area contributed by atoms with Crippen LogP contribution in [0.25, 0.3) is 0 Å². The second kappa shape index (κ2) is 8.34. The van der Waals surface area contributed by atoms with Gasteiger partial charge < -0.3 is 15.0 Å². The molecular formula is C17H24BrN3O2. The van der Waals surface area contributed by atoms with Crippen LogP contribution in [0.5, 0.6) is 0 Å². The molecule has 0 radical (unpaired) electrons. The van der Waals surface area contributed by atoms with Crippen molar-refractivity contribution >= 4 is 27.9 Å². The first-order chi connectivity index (χ1) is 11.0. The topological polar surface area (TPSA) is 53.9 Å². The van der Waals surface area contributed by atoms with Crippen LogP contribution in [0.15, 0.2) is 33.7 Å². The molecule has 2 unspecified atom stereocenters. The Morgan fingerprint density at radius 2 is 2.26 bits per heavy atom. The van der Waals surface area contributed by atoms with Gasteiger partial charge in [-0.1, -0.05) is 35.0 Å². The monoisotopic (exact) mass is 381 g/mol. The maximum Gasteiger partial charge on any atom is 0.310 e. The Hall–Kier alpha value is -1.56. The van der Waals surface area contributed by atoms with E-state index in [4.69, 9.17) is 9.73 Å². The predicted octanol–water partition coefficient (Wildman–Crippen LogP) is 2.66. The van der Waals surface area contributed by atoms with E-state index in [9.17, 15) is 4.79 Å². The van der Waals surface area contributed by atoms with Crippen molar-refractivity contribution in [3.8, 4) is 0 Å². The normalized spacial score (nSPS) is 21.4. The van der Waals surface area contributed by atoms with Gasteiger partial charge >= 0.3 is 5.97 Å². The lowest BCUT2D eigenvalue weighted by Gasteiger charge is -2.21. The van der Waals surface area contributed by atoms with Gasteiger partial charge in [-0.15, -0.1) is 0 Å². The highest BCUT2D eigenvalue weighted by Gasteiger charge is 2.36. The Morgan fingerprint density at radius 1 is 1.48 bits per heavy atom. The quantitative estimate of drug-likeness (QED) is 0.494. The molecule has 2 rings (SSSR count). The molecule has 0 saturated carbocycles. The zero-order valence-electron chi connectivity index (χ0n) is 13.9. The maximum absolute atomic E-state index is 11.9. The molecule has 0 aliphatic carbocycles. The molecular weight excluding hydrogens is 358 g/mol. The Labute approximate surface area is 146 Å². The summed E-state index contributed by atoms with van der Waals surface area (Å²) in [5.41, 5.74) is 1.14. The van der Waals surface area contributed by atoms with Crippen LogP contribution in [0.2, 0.25) is 0 Å². The van der Waals surface area contributed by atoms with Crippen molar-refractivity contribution in [1.29, 1.82) is 0 Å². The molecule has 126 valence electrons. The molecule has 1 saturated heterocycles. The number of ether oxygens (including phenoxy) is 1. The minimum atomic E-state index is -0.136. The van der Waals surface area contributed by atoms with E-state index in [1.54, 1.807) is 0 Å². The third-order valence-corrected chi connectivity index (χ3v) is 4.54. The van der Waals surface area contributed by atoms with Gasteiger partial charge in [0.15, 0.2) is 5.96 Å². The molecule has 5 nitrogen and oxygen atoms in total. The number of aliphatic imine (C=N–C) groups is 1. The molecule has 2 atom stereocenters. The number of nitrogens with zero attached hydrogens (tertiary/aromatic N) is 2. The number of guanidine groups is 1. The molecule has 1 aromatic carbocycles. The fourth-order valence-corrected chi connectivity index (χ4v) is 3.27. The Morgan fingerprint density at radius 3 is 2.91 bits per heavy atom. The molecule has 1 aromatic rings. The van der Waals surface area contributed by atoms with Gasteiger partial charge in [-0.05, 0) is 30.5 Å². The van der Waals surface area contributed by atoms with Gasteiger partial charge in [0.25, 0.3) is 0 Å². The van der Waals surface area contributed by atoms with Crippen LogP contribution in [-0.2, 0) is 16.1 Å². The van der Waals surface area contributed by atoms with Gasteiger partial charge in [-0.2, -0.15) is 0 Å². The number of hydrogen-bond donors (Lipinski definition) is 1. The highest BCUT2D eigenvalue weighted by Crippen LogP contribution is 2.24. The summed E-state index contributed by atoms with van der Waals surface area (Å²) in [7, 11) is 1.45. The standard InChI is InChI=1S/C17H24BrN3O2/c1-4-19-17(20-9-13-6-5-7-14(18)8-13)21-10-12(2)15(11-21)16(22)23-3/h5-8,12,15H,4,9-11H2,1-3H3,(H,19,20). The lowest BCUT2D eigenvalue weighted by Crippen LogP contribution is -2.40. The number of benzene rings is 1. The van der Waals surface area contributed by atoms with E-state index < -0.39 is 0 Å². The average Bonchev–Trinajstić information content (AvgIpc) is 2.92. The van der Waals surface area contributed by atoms with Gasteiger partial charge in [0.1, 0.15) is 0 Å². The number of halogens is 1. The summed E-state index contributed by atoms with van der Waals surface area (Å²) in [4.78, 5) is 18.7. The Balaban J connectivity index is 2.09. The van der Waals surface area contributed by atoms with Crippen LogP contribution in [0.1, 0.15) is 19.4 Å². The molecule has 1 aliphatic rings. The first kappa shape index (κ1) is 17.8. The van der Waals surface area contributed by atoms with Crippen molar-refractivity contribution in [2.75, 3.05) is 26.7 Å². The first-order valence-corrected chi connectivity index (χ1v) is 8.70. The van der Waals surface area contributed by atoms with Crippen LogP contribution in [0.3, 0.4) is 0 Å². The molecule has 0 spiro atoms. The summed E-state index contributed by atoms with van der Waals surface area (Å²) in [6.07, 6.45) is 0. The summed E-state index contributed by atoms with van der Waals surface area (Å²) in [6, 6.07) is 8.13. The summed E-state index contributed by atoms with van der Waals surface area (Å²) in [5.74, 6) is 0.889. The van der Waals surface area contributed by atoms with E-state index in [2.05, 4.69) is 45.2 Å². The largest absolute Gasteiger partial charge is 0.469 e. The molecule has 0 bridgehead atoms. The van der Waals surface area contributed by atoms with Crippen LogP contribution < -0.4 is 5.32 Å². The number of carbonyl (C=O) groups is 1. The van der Waals surface area contributed by atoms with Crippen LogP contribution >= 0.6 is 15.9 Å². The zero-order valence-corrected chi connectivity index (χ0v) is 15.5. The number of methoxy groups -OCH3 is 1. The van der Waals surface area contributed by atoms with Crippen LogP contribution in [-0.4, -0.2) is 43.6 Å². The molecule has 1 heterocycles. The fourth-order valence-electron chi connectivity index (χ4n) is 2.83. The Bertz CT molecular complexity index is 577. The first-order valence-electron chi connectivity index (χ1n) is 7.90. The van der Waals surface area contributed by atoms with E-state index in [-0.39, 0.29) is 17.8 Å². The smallest absolute Gasteiger partial charge is 0.310 e. The van der Waals surface area contributed by atoms with Crippen molar-refractivity contribution in [3.63, 3.8) is 0 Å². The van der Waals surface area contributed by atoms with Crippen LogP contribution in [0, 0.1) is 11.8 Å². The number of carbonyl (C=O) groups excluding carboxylic acids is 1. The van der Waals surface area contributed by atoms with Gasteiger partial charge in [-0.3, -0.25) is 4.79 Å². The number of esters is 1. The summed E-state index contributed by atoms with van der Waals surface area (Å²) >= 11 is 3.48. The fraction of sp³-hybridized carbons (Fsp3) is 0.529. The van der Waals surface area contributed by atoms with Crippen molar-refractivity contribution < 1.29 is 9.53 Å². The minimum absolute atomic E-state index is 0.0882. The highest BCUT2D eigenvalue weighted by molar-refractivity contribution is 9.10. The highest BCUT2D eigenvalue weighted by atomic mass is 79.9. The maximum atomic E-state index is 11.9. The van der Waals surface area contributed by atoms with Gasteiger partial charge in [-0.25, -0.2) is 4.99 Å². The molecule has 1 N–H and O–H groups in total. The van der Waals surface area contributed by atoms with E-state index in [1.165, 1.54) is 7.11 Å². The minimum Gasteiger partial charge on any atom is -0.469 e. The number of likely N-dealkylation sites (tertiary alicyclic amines) is 1. The molecule has 1 fully saturated rings. The van der Waals surface area contributed by atoms with Crippen LogP contribution in [0.4, 0.5) is 0 Å². The van der Waals surface area contributed by atoms with Crippen molar-refractivity contribution in [2.24, 2.45) is 16.8 Å². The number of nitrogens with one attached hydrogen (secondary N) is 1.